The van der Waals surface area contributed by atoms with Crippen molar-refractivity contribution >= 4 is 35.0 Å². The zero-order valence-corrected chi connectivity index (χ0v) is 13.4. The van der Waals surface area contributed by atoms with Gasteiger partial charge in [-0.25, -0.2) is 0 Å². The van der Waals surface area contributed by atoms with Gasteiger partial charge in [0.1, 0.15) is 5.75 Å². The number of nitrogens with one attached hydrogen (secondary N) is 3. The van der Waals surface area contributed by atoms with E-state index in [1.807, 2.05) is 0 Å². The van der Waals surface area contributed by atoms with Crippen molar-refractivity contribution in [2.45, 2.75) is 6.42 Å². The molecule has 5 N–H and O–H groups in total. The minimum Gasteiger partial charge on any atom is -0.495 e. The van der Waals surface area contributed by atoms with Crippen molar-refractivity contribution in [3.63, 3.8) is 0 Å². The number of halogens is 1. The lowest BCUT2D eigenvalue weighted by Gasteiger charge is -2.11. The molecule has 8 nitrogen and oxygen atoms in total. The molecule has 0 aliphatic heterocycles. The number of benzene rings is 1. The molecule has 0 fully saturated rings. The standard InChI is InChI=1S/C14H19ClN4O4/c1-23-11-3-2-9(15)6-10(11)19-12(20)4-5-17-14(22)8-18-13(21)7-16/h2-3,6H,4-5,7-8,16H2,1H3,(H,17,22)(H,18,21)(H,19,20). The van der Waals surface area contributed by atoms with Crippen molar-refractivity contribution in [1.82, 2.24) is 10.6 Å². The summed E-state index contributed by atoms with van der Waals surface area (Å²) >= 11 is 5.87. The van der Waals surface area contributed by atoms with Crippen molar-refractivity contribution in [1.29, 1.82) is 0 Å². The molecule has 1 rings (SSSR count). The molecule has 0 heterocycles. The van der Waals surface area contributed by atoms with Crippen molar-refractivity contribution < 1.29 is 19.1 Å². The Bertz CT molecular complexity index is 580. The minimum absolute atomic E-state index is 0.0617. The number of methoxy groups -OCH3 is 1. The number of hydrogen-bond acceptors (Lipinski definition) is 5. The second-order valence-corrected chi connectivity index (χ2v) is 4.91. The maximum Gasteiger partial charge on any atom is 0.239 e. The molecule has 0 saturated carbocycles. The van der Waals surface area contributed by atoms with E-state index in [0.29, 0.717) is 16.5 Å². The van der Waals surface area contributed by atoms with E-state index in [2.05, 4.69) is 16.0 Å². The first-order valence-electron chi connectivity index (χ1n) is 6.83. The molecule has 0 aliphatic carbocycles. The summed E-state index contributed by atoms with van der Waals surface area (Å²) < 4.78 is 5.12. The Morgan fingerprint density at radius 1 is 1.17 bits per heavy atom. The predicted octanol–water partition coefficient (Wildman–Crippen LogP) is -0.132. The lowest BCUT2D eigenvalue weighted by atomic mass is 10.2. The van der Waals surface area contributed by atoms with Crippen LogP contribution >= 0.6 is 11.6 Å². The van der Waals surface area contributed by atoms with Gasteiger partial charge < -0.3 is 26.4 Å². The Hall–Kier alpha value is -2.32. The van der Waals surface area contributed by atoms with Crippen LogP contribution in [0.15, 0.2) is 18.2 Å². The fourth-order valence-corrected chi connectivity index (χ4v) is 1.79. The van der Waals surface area contributed by atoms with Crippen LogP contribution in [0.3, 0.4) is 0 Å². The summed E-state index contributed by atoms with van der Waals surface area (Å²) in [5.74, 6) is -0.654. The van der Waals surface area contributed by atoms with Gasteiger partial charge in [-0.15, -0.1) is 0 Å². The first kappa shape index (κ1) is 18.7. The number of carbonyl (C=O) groups excluding carboxylic acids is 3. The molecule has 9 heteroatoms. The van der Waals surface area contributed by atoms with Crippen molar-refractivity contribution in [2.75, 3.05) is 32.1 Å². The molecule has 23 heavy (non-hydrogen) atoms. The maximum atomic E-state index is 11.8. The molecule has 0 saturated heterocycles. The van der Waals surface area contributed by atoms with E-state index in [1.54, 1.807) is 18.2 Å². The van der Waals surface area contributed by atoms with Gasteiger partial charge in [-0.2, -0.15) is 0 Å². The average Bonchev–Trinajstić information content (AvgIpc) is 2.52. The summed E-state index contributed by atoms with van der Waals surface area (Å²) in [5, 5.41) is 7.94. The second-order valence-electron chi connectivity index (χ2n) is 4.47. The van der Waals surface area contributed by atoms with Gasteiger partial charge in [0, 0.05) is 18.0 Å². The number of ether oxygens (including phenoxy) is 1. The van der Waals surface area contributed by atoms with Gasteiger partial charge in [-0.3, -0.25) is 14.4 Å². The minimum atomic E-state index is -0.425. The van der Waals surface area contributed by atoms with E-state index in [9.17, 15) is 14.4 Å². The molecule has 0 aromatic heterocycles. The maximum absolute atomic E-state index is 11.8. The highest BCUT2D eigenvalue weighted by molar-refractivity contribution is 6.31. The van der Waals surface area contributed by atoms with E-state index >= 15 is 0 Å². The second kappa shape index (κ2) is 9.65. The summed E-state index contributed by atoms with van der Waals surface area (Å²) in [6.07, 6.45) is 0.0617. The first-order valence-corrected chi connectivity index (χ1v) is 7.21. The van der Waals surface area contributed by atoms with Crippen LogP contribution in [0.25, 0.3) is 0 Å². The lowest BCUT2D eigenvalue weighted by molar-refractivity contribution is -0.125. The zero-order valence-electron chi connectivity index (χ0n) is 12.6. The summed E-state index contributed by atoms with van der Waals surface area (Å²) in [7, 11) is 1.48. The van der Waals surface area contributed by atoms with E-state index in [1.165, 1.54) is 7.11 Å². The quantitative estimate of drug-likeness (QED) is 0.524. The summed E-state index contributed by atoms with van der Waals surface area (Å²) in [6, 6.07) is 4.85. The highest BCUT2D eigenvalue weighted by Gasteiger charge is 2.09. The Morgan fingerprint density at radius 2 is 1.91 bits per heavy atom. The summed E-state index contributed by atoms with van der Waals surface area (Å²) in [5.41, 5.74) is 5.54. The van der Waals surface area contributed by atoms with Crippen molar-refractivity contribution in [2.24, 2.45) is 5.73 Å². The lowest BCUT2D eigenvalue weighted by Crippen LogP contribution is -2.40. The Morgan fingerprint density at radius 3 is 2.57 bits per heavy atom. The van der Waals surface area contributed by atoms with Crippen LogP contribution in [0.2, 0.25) is 5.02 Å². The largest absolute Gasteiger partial charge is 0.495 e. The smallest absolute Gasteiger partial charge is 0.239 e. The van der Waals surface area contributed by atoms with E-state index in [0.717, 1.165) is 0 Å². The molecule has 0 unspecified atom stereocenters. The Kier molecular flexibility index (Phi) is 7.86. The van der Waals surface area contributed by atoms with E-state index in [4.69, 9.17) is 22.1 Å². The molecule has 0 aliphatic rings. The van der Waals surface area contributed by atoms with Crippen LogP contribution in [-0.4, -0.2) is 44.5 Å². The molecule has 3 amide bonds. The third-order valence-electron chi connectivity index (χ3n) is 2.74. The molecule has 0 atom stereocenters. The third-order valence-corrected chi connectivity index (χ3v) is 2.98. The first-order chi connectivity index (χ1) is 11.0. The third kappa shape index (κ3) is 6.98. The SMILES string of the molecule is COc1ccc(Cl)cc1NC(=O)CCNC(=O)CNC(=O)CN. The van der Waals surface area contributed by atoms with Crippen LogP contribution in [0.5, 0.6) is 5.75 Å². The van der Waals surface area contributed by atoms with Gasteiger partial charge in [-0.05, 0) is 18.2 Å². The van der Waals surface area contributed by atoms with Crippen molar-refractivity contribution in [3.8, 4) is 5.75 Å². The van der Waals surface area contributed by atoms with Crippen molar-refractivity contribution in [3.05, 3.63) is 23.2 Å². The topological polar surface area (TPSA) is 123 Å². The number of anilines is 1. The molecule has 0 bridgehead atoms. The van der Waals surface area contributed by atoms with Gasteiger partial charge in [0.05, 0.1) is 25.9 Å². The Balaban J connectivity index is 2.36. The molecule has 1 aromatic rings. The summed E-state index contributed by atoms with van der Waals surface area (Å²) in [6.45, 7) is -0.233. The van der Waals surface area contributed by atoms with Crippen LogP contribution in [0.4, 0.5) is 5.69 Å². The number of nitrogens with two attached hydrogens (primary N) is 1. The van der Waals surface area contributed by atoms with Gasteiger partial charge in [-0.1, -0.05) is 11.6 Å². The van der Waals surface area contributed by atoms with E-state index in [-0.39, 0.29) is 32.0 Å². The summed E-state index contributed by atoms with van der Waals surface area (Å²) in [4.78, 5) is 34.1. The van der Waals surface area contributed by atoms with E-state index < -0.39 is 11.8 Å². The van der Waals surface area contributed by atoms with Crippen LogP contribution in [0.1, 0.15) is 6.42 Å². The molecule has 0 spiro atoms. The van der Waals surface area contributed by atoms with Gasteiger partial charge >= 0.3 is 0 Å². The van der Waals surface area contributed by atoms with Crippen LogP contribution in [-0.2, 0) is 14.4 Å². The van der Waals surface area contributed by atoms with Crippen LogP contribution in [0, 0.1) is 0 Å². The monoisotopic (exact) mass is 342 g/mol. The molecule has 0 radical (unpaired) electrons. The fraction of sp³-hybridized carbons (Fsp3) is 0.357. The zero-order chi connectivity index (χ0) is 17.2. The number of carbonyl (C=O) groups is 3. The Labute approximate surface area is 138 Å². The predicted molar refractivity (Wildman–Crippen MR) is 86.3 cm³/mol. The fourth-order valence-electron chi connectivity index (χ4n) is 1.62. The average molecular weight is 343 g/mol. The highest BCUT2D eigenvalue weighted by atomic mass is 35.5. The number of amides is 3. The highest BCUT2D eigenvalue weighted by Crippen LogP contribution is 2.27. The van der Waals surface area contributed by atoms with Gasteiger partial charge in [0.2, 0.25) is 17.7 Å². The number of rotatable bonds is 8. The molecule has 126 valence electrons. The molecular weight excluding hydrogens is 324 g/mol. The van der Waals surface area contributed by atoms with Gasteiger partial charge in [0.25, 0.3) is 0 Å². The number of hydrogen-bond donors (Lipinski definition) is 4. The normalized spacial score (nSPS) is 9.87. The van der Waals surface area contributed by atoms with Crippen LogP contribution < -0.4 is 26.4 Å². The van der Waals surface area contributed by atoms with Gasteiger partial charge in [0.15, 0.2) is 0 Å². The molecule has 1 aromatic carbocycles. The molecular formula is C14H19ClN4O4.